The third-order valence-corrected chi connectivity index (χ3v) is 3.84. The maximum absolute atomic E-state index is 13.2. The van der Waals surface area contributed by atoms with Crippen molar-refractivity contribution in [2.45, 2.75) is 37.3 Å². The number of aromatic amines is 1. The summed E-state index contributed by atoms with van der Waals surface area (Å²) in [5.74, 6) is -3.46. The first-order valence-electron chi connectivity index (χ1n) is 6.65. The SMILES string of the molecule is O=c1[nH]c([C@H]2CCC(F)(F)C2)nc2cc(C(F)(F)F)ccc12. The maximum Gasteiger partial charge on any atom is 0.416 e. The van der Waals surface area contributed by atoms with Crippen molar-refractivity contribution in [2.24, 2.45) is 0 Å². The molecule has 3 rings (SSSR count). The van der Waals surface area contributed by atoms with Gasteiger partial charge in [-0.15, -0.1) is 0 Å². The first-order valence-corrected chi connectivity index (χ1v) is 6.65. The van der Waals surface area contributed by atoms with Crippen molar-refractivity contribution in [1.29, 1.82) is 0 Å². The molecule has 0 unspecified atom stereocenters. The van der Waals surface area contributed by atoms with Gasteiger partial charge in [0.2, 0.25) is 5.92 Å². The minimum atomic E-state index is -4.56. The zero-order valence-electron chi connectivity index (χ0n) is 11.2. The van der Waals surface area contributed by atoms with Gasteiger partial charge >= 0.3 is 6.18 Å². The van der Waals surface area contributed by atoms with Crippen molar-refractivity contribution >= 4 is 10.9 Å². The number of nitrogens with zero attached hydrogens (tertiary/aromatic N) is 1. The summed E-state index contributed by atoms with van der Waals surface area (Å²) < 4.78 is 64.6. The second kappa shape index (κ2) is 4.76. The second-order valence-electron chi connectivity index (χ2n) is 5.48. The van der Waals surface area contributed by atoms with E-state index in [0.717, 1.165) is 18.2 Å². The lowest BCUT2D eigenvalue weighted by molar-refractivity contribution is -0.137. The molecule has 1 aromatic heterocycles. The highest BCUT2D eigenvalue weighted by Crippen LogP contribution is 2.43. The Morgan fingerprint density at radius 2 is 2.00 bits per heavy atom. The highest BCUT2D eigenvalue weighted by Gasteiger charge is 2.41. The number of benzene rings is 1. The van der Waals surface area contributed by atoms with Crippen molar-refractivity contribution < 1.29 is 22.0 Å². The number of hydrogen-bond donors (Lipinski definition) is 1. The average molecular weight is 318 g/mol. The van der Waals surface area contributed by atoms with Crippen molar-refractivity contribution in [3.63, 3.8) is 0 Å². The van der Waals surface area contributed by atoms with Crippen LogP contribution in [0.2, 0.25) is 0 Å². The maximum atomic E-state index is 13.2. The Morgan fingerprint density at radius 3 is 2.59 bits per heavy atom. The first kappa shape index (κ1) is 14.9. The second-order valence-corrected chi connectivity index (χ2v) is 5.48. The van der Waals surface area contributed by atoms with Gasteiger partial charge in [0.1, 0.15) is 5.82 Å². The van der Waals surface area contributed by atoms with Crippen LogP contribution in [-0.4, -0.2) is 15.9 Å². The molecule has 1 heterocycles. The molecule has 0 bridgehead atoms. The number of alkyl halides is 5. The minimum absolute atomic E-state index is 0.00140. The highest BCUT2D eigenvalue weighted by molar-refractivity contribution is 5.78. The van der Waals surface area contributed by atoms with Gasteiger partial charge in [-0.25, -0.2) is 13.8 Å². The van der Waals surface area contributed by atoms with Gasteiger partial charge in [0.05, 0.1) is 16.5 Å². The summed E-state index contributed by atoms with van der Waals surface area (Å²) >= 11 is 0. The quantitative estimate of drug-likeness (QED) is 0.812. The lowest BCUT2D eigenvalue weighted by Gasteiger charge is -2.12. The van der Waals surface area contributed by atoms with E-state index in [4.69, 9.17) is 0 Å². The summed E-state index contributed by atoms with van der Waals surface area (Å²) in [6, 6.07) is 2.60. The van der Waals surface area contributed by atoms with E-state index >= 15 is 0 Å². The Balaban J connectivity index is 2.09. The molecule has 1 aliphatic carbocycles. The largest absolute Gasteiger partial charge is 0.416 e. The van der Waals surface area contributed by atoms with E-state index in [1.165, 1.54) is 0 Å². The average Bonchev–Trinajstić information content (AvgIpc) is 2.77. The van der Waals surface area contributed by atoms with Crippen molar-refractivity contribution in [2.75, 3.05) is 0 Å². The molecule has 1 fully saturated rings. The van der Waals surface area contributed by atoms with Crippen LogP contribution in [0.4, 0.5) is 22.0 Å². The molecule has 0 saturated heterocycles. The van der Waals surface area contributed by atoms with Gasteiger partial charge in [0.25, 0.3) is 5.56 Å². The highest BCUT2D eigenvalue weighted by atomic mass is 19.4. The topological polar surface area (TPSA) is 45.8 Å². The number of H-pyrrole nitrogens is 1. The van der Waals surface area contributed by atoms with Gasteiger partial charge in [-0.3, -0.25) is 4.79 Å². The third kappa shape index (κ3) is 2.69. The number of halogens is 5. The molecular formula is C14H11F5N2O. The van der Waals surface area contributed by atoms with E-state index in [9.17, 15) is 26.7 Å². The molecule has 0 aliphatic heterocycles. The van der Waals surface area contributed by atoms with Crippen LogP contribution in [0.3, 0.4) is 0 Å². The molecule has 0 amide bonds. The van der Waals surface area contributed by atoms with Crippen molar-refractivity contribution in [3.8, 4) is 0 Å². The standard InChI is InChI=1S/C14H11F5N2O/c15-13(16)4-3-7(6-13)11-20-10-5-8(14(17,18)19)1-2-9(10)12(22)21-11/h1-2,5,7H,3-4,6H2,(H,20,21,22)/t7-/m0/s1. The van der Waals surface area contributed by atoms with E-state index in [1.807, 2.05) is 0 Å². The number of aromatic nitrogens is 2. The number of nitrogens with one attached hydrogen (secondary N) is 1. The lowest BCUT2D eigenvalue weighted by atomic mass is 10.1. The Hall–Kier alpha value is -1.99. The van der Waals surface area contributed by atoms with E-state index < -0.39 is 35.6 Å². The van der Waals surface area contributed by atoms with Crippen LogP contribution in [0.1, 0.15) is 36.6 Å². The summed E-state index contributed by atoms with van der Waals surface area (Å²) in [5, 5.41) is 0.00140. The zero-order valence-corrected chi connectivity index (χ0v) is 11.2. The van der Waals surface area contributed by atoms with Crippen LogP contribution >= 0.6 is 0 Å². The lowest BCUT2D eigenvalue weighted by Crippen LogP contribution is -2.16. The van der Waals surface area contributed by atoms with Crippen LogP contribution in [0, 0.1) is 0 Å². The van der Waals surface area contributed by atoms with Gasteiger partial charge < -0.3 is 4.98 Å². The molecule has 22 heavy (non-hydrogen) atoms. The predicted molar refractivity (Wildman–Crippen MR) is 68.9 cm³/mol. The number of rotatable bonds is 1. The van der Waals surface area contributed by atoms with Crippen molar-refractivity contribution in [3.05, 3.63) is 39.9 Å². The Labute approximate surface area is 121 Å². The van der Waals surface area contributed by atoms with Crippen LogP contribution in [0.5, 0.6) is 0 Å². The van der Waals surface area contributed by atoms with Gasteiger partial charge in [-0.2, -0.15) is 13.2 Å². The molecule has 0 spiro atoms. The number of hydrogen-bond acceptors (Lipinski definition) is 2. The fourth-order valence-corrected chi connectivity index (χ4v) is 2.71. The van der Waals surface area contributed by atoms with Crippen LogP contribution in [0.15, 0.2) is 23.0 Å². The Kier molecular flexibility index (Phi) is 3.23. The van der Waals surface area contributed by atoms with Crippen molar-refractivity contribution in [1.82, 2.24) is 9.97 Å². The van der Waals surface area contributed by atoms with Gasteiger partial charge in [-0.05, 0) is 24.6 Å². The smallest absolute Gasteiger partial charge is 0.310 e. The predicted octanol–water partition coefficient (Wildman–Crippen LogP) is 3.84. The fourth-order valence-electron chi connectivity index (χ4n) is 2.71. The van der Waals surface area contributed by atoms with E-state index in [0.29, 0.717) is 0 Å². The summed E-state index contributed by atoms with van der Waals surface area (Å²) in [6.07, 6.45) is -5.19. The van der Waals surface area contributed by atoms with Crippen LogP contribution in [0.25, 0.3) is 10.9 Å². The Bertz CT molecular complexity index is 781. The molecule has 1 N–H and O–H groups in total. The summed E-state index contributed by atoms with van der Waals surface area (Å²) in [6.45, 7) is 0. The Morgan fingerprint density at radius 1 is 1.27 bits per heavy atom. The molecule has 2 aromatic rings. The van der Waals surface area contributed by atoms with Gasteiger partial charge in [0.15, 0.2) is 0 Å². The summed E-state index contributed by atoms with van der Waals surface area (Å²) in [4.78, 5) is 18.3. The molecule has 8 heteroatoms. The van der Waals surface area contributed by atoms with Gasteiger partial charge in [0, 0.05) is 18.8 Å². The molecule has 0 radical (unpaired) electrons. The third-order valence-electron chi connectivity index (χ3n) is 3.84. The van der Waals surface area contributed by atoms with Crippen LogP contribution in [-0.2, 0) is 6.18 Å². The van der Waals surface area contributed by atoms with E-state index in [1.54, 1.807) is 0 Å². The minimum Gasteiger partial charge on any atom is -0.310 e. The molecule has 1 saturated carbocycles. The van der Waals surface area contributed by atoms with Gasteiger partial charge in [-0.1, -0.05) is 0 Å². The first-order chi connectivity index (χ1) is 10.2. The number of fused-ring (bicyclic) bond motifs is 1. The van der Waals surface area contributed by atoms with E-state index in [-0.39, 0.29) is 29.6 Å². The normalized spacial score (nSPS) is 21.4. The summed E-state index contributed by atoms with van der Waals surface area (Å²) in [7, 11) is 0. The fraction of sp³-hybridized carbons (Fsp3) is 0.429. The van der Waals surface area contributed by atoms with Crippen LogP contribution < -0.4 is 5.56 Å². The molecular weight excluding hydrogens is 307 g/mol. The zero-order chi connectivity index (χ0) is 16.1. The van der Waals surface area contributed by atoms with E-state index in [2.05, 4.69) is 9.97 Å². The monoisotopic (exact) mass is 318 g/mol. The summed E-state index contributed by atoms with van der Waals surface area (Å²) in [5.41, 5.74) is -1.69. The molecule has 1 aromatic carbocycles. The molecule has 1 atom stereocenters. The molecule has 3 nitrogen and oxygen atoms in total. The molecule has 118 valence electrons. The molecule has 1 aliphatic rings.